The zero-order valence-electron chi connectivity index (χ0n) is 12.3. The lowest BCUT2D eigenvalue weighted by molar-refractivity contribution is 0.0728. The molecule has 0 aliphatic carbocycles. The predicted molar refractivity (Wildman–Crippen MR) is 89.6 cm³/mol. The van der Waals surface area contributed by atoms with Gasteiger partial charge in [-0.3, -0.25) is 4.79 Å². The van der Waals surface area contributed by atoms with E-state index in [0.29, 0.717) is 24.3 Å². The van der Waals surface area contributed by atoms with Crippen LogP contribution in [0, 0.1) is 0 Å². The molecule has 0 fully saturated rings. The average Bonchev–Trinajstić information content (AvgIpc) is 3.01. The molecule has 2 heterocycles. The molecule has 0 unspecified atom stereocenters. The molecule has 1 amide bonds. The van der Waals surface area contributed by atoms with Gasteiger partial charge in [-0.2, -0.15) is 0 Å². The quantitative estimate of drug-likeness (QED) is 0.820. The van der Waals surface area contributed by atoms with Crippen molar-refractivity contribution < 1.29 is 14.3 Å². The summed E-state index contributed by atoms with van der Waals surface area (Å²) >= 11 is 3.51. The molecule has 6 heteroatoms. The molecular formula is C17H15BrN2O3. The van der Waals surface area contributed by atoms with Gasteiger partial charge in [0.1, 0.15) is 0 Å². The Morgan fingerprint density at radius 3 is 2.87 bits per heavy atom. The van der Waals surface area contributed by atoms with E-state index in [1.165, 1.54) is 0 Å². The van der Waals surface area contributed by atoms with Gasteiger partial charge in [0.2, 0.25) is 6.79 Å². The van der Waals surface area contributed by atoms with Crippen molar-refractivity contribution in [2.75, 3.05) is 19.1 Å². The molecule has 23 heavy (non-hydrogen) atoms. The van der Waals surface area contributed by atoms with Gasteiger partial charge in [0.25, 0.3) is 5.91 Å². The number of nitrogens with two attached hydrogens (primary N) is 1. The van der Waals surface area contributed by atoms with Crippen molar-refractivity contribution in [2.24, 2.45) is 0 Å². The molecule has 118 valence electrons. The van der Waals surface area contributed by atoms with Gasteiger partial charge >= 0.3 is 0 Å². The molecule has 2 aromatic carbocycles. The smallest absolute Gasteiger partial charge is 0.256 e. The Bertz CT molecular complexity index is 807. The standard InChI is InChI=1S/C17H15BrN2O3/c18-12-2-3-13(19)16-11(12)5-6-20(17(16)21)8-10-1-4-14-15(7-10)23-9-22-14/h1-4,7H,5-6,8-9,19H2. The summed E-state index contributed by atoms with van der Waals surface area (Å²) in [5.41, 5.74) is 9.18. The number of benzene rings is 2. The maximum atomic E-state index is 12.8. The number of nitrogens with zero attached hydrogens (tertiary/aromatic N) is 1. The first-order valence-electron chi connectivity index (χ1n) is 7.38. The maximum absolute atomic E-state index is 12.8. The van der Waals surface area contributed by atoms with Gasteiger partial charge in [0.15, 0.2) is 11.5 Å². The molecule has 2 aliphatic rings. The first-order chi connectivity index (χ1) is 11.1. The summed E-state index contributed by atoms with van der Waals surface area (Å²) in [4.78, 5) is 14.6. The van der Waals surface area contributed by atoms with E-state index in [-0.39, 0.29) is 12.7 Å². The number of hydrogen-bond acceptors (Lipinski definition) is 4. The molecule has 0 atom stereocenters. The Morgan fingerprint density at radius 2 is 2.00 bits per heavy atom. The molecule has 0 saturated carbocycles. The highest BCUT2D eigenvalue weighted by atomic mass is 79.9. The molecule has 0 bridgehead atoms. The van der Waals surface area contributed by atoms with Crippen LogP contribution in [-0.2, 0) is 13.0 Å². The molecule has 2 aliphatic heterocycles. The van der Waals surface area contributed by atoms with Crippen molar-refractivity contribution in [1.82, 2.24) is 4.90 Å². The monoisotopic (exact) mass is 374 g/mol. The fourth-order valence-corrected chi connectivity index (χ4v) is 3.58. The zero-order chi connectivity index (χ0) is 16.0. The second-order valence-electron chi connectivity index (χ2n) is 5.65. The zero-order valence-corrected chi connectivity index (χ0v) is 13.9. The lowest BCUT2D eigenvalue weighted by atomic mass is 9.97. The Hall–Kier alpha value is -2.21. The van der Waals surface area contributed by atoms with Crippen molar-refractivity contribution in [3.05, 3.63) is 51.5 Å². The highest BCUT2D eigenvalue weighted by molar-refractivity contribution is 9.10. The minimum Gasteiger partial charge on any atom is -0.454 e. The summed E-state index contributed by atoms with van der Waals surface area (Å²) in [5.74, 6) is 1.45. The van der Waals surface area contributed by atoms with E-state index in [1.807, 2.05) is 29.2 Å². The van der Waals surface area contributed by atoms with Gasteiger partial charge in [-0.25, -0.2) is 0 Å². The molecule has 0 aromatic heterocycles. The molecule has 2 N–H and O–H groups in total. The van der Waals surface area contributed by atoms with Gasteiger partial charge < -0.3 is 20.1 Å². The first-order valence-corrected chi connectivity index (χ1v) is 8.17. The van der Waals surface area contributed by atoms with Gasteiger partial charge in [-0.15, -0.1) is 0 Å². The van der Waals surface area contributed by atoms with Gasteiger partial charge in [0.05, 0.1) is 5.56 Å². The Labute approximate surface area is 142 Å². The second kappa shape index (κ2) is 5.45. The number of ether oxygens (including phenoxy) is 2. The van der Waals surface area contributed by atoms with Crippen LogP contribution >= 0.6 is 15.9 Å². The van der Waals surface area contributed by atoms with Crippen molar-refractivity contribution in [3.63, 3.8) is 0 Å². The maximum Gasteiger partial charge on any atom is 0.256 e. The number of anilines is 1. The van der Waals surface area contributed by atoms with E-state index >= 15 is 0 Å². The predicted octanol–water partition coefficient (Wildman–Crippen LogP) is 2.96. The van der Waals surface area contributed by atoms with Crippen LogP contribution in [0.1, 0.15) is 21.5 Å². The summed E-state index contributed by atoms with van der Waals surface area (Å²) < 4.78 is 11.7. The average molecular weight is 375 g/mol. The van der Waals surface area contributed by atoms with Crippen LogP contribution < -0.4 is 15.2 Å². The third-order valence-electron chi connectivity index (χ3n) is 4.23. The lowest BCUT2D eigenvalue weighted by Crippen LogP contribution is -2.37. The summed E-state index contributed by atoms with van der Waals surface area (Å²) in [7, 11) is 0. The molecule has 0 radical (unpaired) electrons. The molecule has 2 aromatic rings. The molecule has 0 saturated heterocycles. The Balaban J connectivity index is 1.62. The van der Waals surface area contributed by atoms with E-state index < -0.39 is 0 Å². The number of hydrogen-bond donors (Lipinski definition) is 1. The molecule has 5 nitrogen and oxygen atoms in total. The van der Waals surface area contributed by atoms with Crippen molar-refractivity contribution in [1.29, 1.82) is 0 Å². The summed E-state index contributed by atoms with van der Waals surface area (Å²) in [6, 6.07) is 9.43. The fourth-order valence-electron chi connectivity index (χ4n) is 3.05. The number of halogens is 1. The second-order valence-corrected chi connectivity index (χ2v) is 6.51. The van der Waals surface area contributed by atoms with Crippen LogP contribution in [0.25, 0.3) is 0 Å². The number of amides is 1. The summed E-state index contributed by atoms with van der Waals surface area (Å²) in [5, 5.41) is 0. The minimum atomic E-state index is -0.0253. The van der Waals surface area contributed by atoms with Crippen LogP contribution in [-0.4, -0.2) is 24.1 Å². The third-order valence-corrected chi connectivity index (χ3v) is 4.97. The van der Waals surface area contributed by atoms with E-state index in [9.17, 15) is 4.79 Å². The number of carbonyl (C=O) groups is 1. The molecule has 0 spiro atoms. The van der Waals surface area contributed by atoms with Crippen LogP contribution in [0.3, 0.4) is 0 Å². The van der Waals surface area contributed by atoms with E-state index in [2.05, 4.69) is 15.9 Å². The third kappa shape index (κ3) is 2.43. The number of carbonyl (C=O) groups excluding carboxylic acids is 1. The number of rotatable bonds is 2. The normalized spacial score (nSPS) is 15.7. The van der Waals surface area contributed by atoms with Crippen molar-refractivity contribution in [3.8, 4) is 11.5 Å². The highest BCUT2D eigenvalue weighted by Crippen LogP contribution is 2.34. The van der Waals surface area contributed by atoms with E-state index in [0.717, 1.165) is 33.5 Å². The lowest BCUT2D eigenvalue weighted by Gasteiger charge is -2.30. The summed E-state index contributed by atoms with van der Waals surface area (Å²) in [6.45, 7) is 1.45. The van der Waals surface area contributed by atoms with Gasteiger partial charge in [-0.1, -0.05) is 22.0 Å². The van der Waals surface area contributed by atoms with Crippen LogP contribution in [0.4, 0.5) is 5.69 Å². The van der Waals surface area contributed by atoms with Crippen molar-refractivity contribution in [2.45, 2.75) is 13.0 Å². The van der Waals surface area contributed by atoms with Crippen LogP contribution in [0.15, 0.2) is 34.8 Å². The molecule has 4 rings (SSSR count). The fraction of sp³-hybridized carbons (Fsp3) is 0.235. The number of fused-ring (bicyclic) bond motifs is 2. The van der Waals surface area contributed by atoms with E-state index in [1.54, 1.807) is 6.07 Å². The van der Waals surface area contributed by atoms with Crippen LogP contribution in [0.5, 0.6) is 11.5 Å². The molecular weight excluding hydrogens is 360 g/mol. The topological polar surface area (TPSA) is 64.8 Å². The van der Waals surface area contributed by atoms with Gasteiger partial charge in [-0.05, 0) is 41.8 Å². The SMILES string of the molecule is Nc1ccc(Br)c2c1C(=O)N(Cc1ccc3c(c1)OCO3)CC2. The highest BCUT2D eigenvalue weighted by Gasteiger charge is 2.28. The minimum absolute atomic E-state index is 0.0253. The van der Waals surface area contributed by atoms with Gasteiger partial charge in [0, 0.05) is 23.2 Å². The first kappa shape index (κ1) is 14.4. The van der Waals surface area contributed by atoms with Crippen molar-refractivity contribution >= 4 is 27.5 Å². The van der Waals surface area contributed by atoms with E-state index in [4.69, 9.17) is 15.2 Å². The number of nitrogen functional groups attached to an aromatic ring is 1. The largest absolute Gasteiger partial charge is 0.454 e. The summed E-state index contributed by atoms with van der Waals surface area (Å²) in [6.07, 6.45) is 0.789. The Morgan fingerprint density at radius 1 is 1.17 bits per heavy atom. The van der Waals surface area contributed by atoms with Crippen LogP contribution in [0.2, 0.25) is 0 Å². The Kier molecular flexibility index (Phi) is 3.41.